The van der Waals surface area contributed by atoms with Gasteiger partial charge in [-0.25, -0.2) is 19.7 Å². The second kappa shape index (κ2) is 8.49. The number of aromatic carboxylic acids is 1. The first-order valence-corrected chi connectivity index (χ1v) is 12.5. The van der Waals surface area contributed by atoms with Crippen LogP contribution < -0.4 is 0 Å². The third-order valence-corrected chi connectivity index (χ3v) is 8.21. The second-order valence-electron chi connectivity index (χ2n) is 9.61. The van der Waals surface area contributed by atoms with Gasteiger partial charge in [0.05, 0.1) is 34.3 Å². The SMILES string of the molecule is Cc1nc(-c2c(Br)ncn2C)c2c(n1)[C@@]1(c3ccc(C(=O)O)c(C)c3)C=C(C#N)C(=O)[C@@H](C)[C@@H]1CC2. The van der Waals surface area contributed by atoms with Crippen LogP contribution in [0.4, 0.5) is 0 Å². The van der Waals surface area contributed by atoms with Gasteiger partial charge in [0.25, 0.3) is 0 Å². The number of fused-ring (bicyclic) bond motifs is 3. The van der Waals surface area contributed by atoms with Crippen LogP contribution in [0.15, 0.2) is 40.8 Å². The van der Waals surface area contributed by atoms with Crippen molar-refractivity contribution in [2.24, 2.45) is 18.9 Å². The summed E-state index contributed by atoms with van der Waals surface area (Å²) in [6.07, 6.45) is 4.83. The number of rotatable bonds is 3. The summed E-state index contributed by atoms with van der Waals surface area (Å²) in [6, 6.07) is 7.37. The normalized spacial score (nSPS) is 22.9. The predicted molar refractivity (Wildman–Crippen MR) is 135 cm³/mol. The van der Waals surface area contributed by atoms with Crippen molar-refractivity contribution >= 4 is 27.7 Å². The van der Waals surface area contributed by atoms with E-state index in [-0.39, 0.29) is 22.8 Å². The average molecular weight is 546 g/mol. The number of aryl methyl sites for hydroxylation is 3. The molecule has 0 fully saturated rings. The molecule has 3 aromatic rings. The third-order valence-electron chi connectivity index (χ3n) is 7.63. The number of allylic oxidation sites excluding steroid dienone is 2. The van der Waals surface area contributed by atoms with Gasteiger partial charge in [0.2, 0.25) is 0 Å². The van der Waals surface area contributed by atoms with Crippen LogP contribution in [0.1, 0.15) is 51.9 Å². The van der Waals surface area contributed by atoms with Crippen LogP contribution in [0.2, 0.25) is 0 Å². The van der Waals surface area contributed by atoms with E-state index in [4.69, 9.17) is 9.97 Å². The number of imidazole rings is 1. The summed E-state index contributed by atoms with van der Waals surface area (Å²) in [4.78, 5) is 39.0. The van der Waals surface area contributed by atoms with Gasteiger partial charge in [-0.15, -0.1) is 0 Å². The molecule has 182 valence electrons. The number of nitrogens with zero attached hydrogens (tertiary/aromatic N) is 5. The Morgan fingerprint density at radius 2 is 2.06 bits per heavy atom. The molecule has 1 N–H and O–H groups in total. The van der Waals surface area contributed by atoms with Gasteiger partial charge in [0.1, 0.15) is 22.2 Å². The van der Waals surface area contributed by atoms with Gasteiger partial charge in [-0.2, -0.15) is 5.26 Å². The number of aromatic nitrogens is 4. The number of benzene rings is 1. The summed E-state index contributed by atoms with van der Waals surface area (Å²) in [6.45, 7) is 5.47. The number of carboxylic acid groups (broad SMARTS) is 1. The van der Waals surface area contributed by atoms with Crippen molar-refractivity contribution in [3.05, 3.63) is 74.6 Å². The molecule has 1 aromatic carbocycles. The topological polar surface area (TPSA) is 122 Å². The molecule has 0 saturated carbocycles. The highest BCUT2D eigenvalue weighted by molar-refractivity contribution is 9.10. The molecule has 2 heterocycles. The monoisotopic (exact) mass is 545 g/mol. The first-order valence-electron chi connectivity index (χ1n) is 11.7. The zero-order chi connectivity index (χ0) is 25.9. The summed E-state index contributed by atoms with van der Waals surface area (Å²) in [5.74, 6) is -1.16. The van der Waals surface area contributed by atoms with E-state index in [9.17, 15) is 20.0 Å². The smallest absolute Gasteiger partial charge is 0.335 e. The lowest BCUT2D eigenvalue weighted by Gasteiger charge is -2.48. The number of Topliss-reactive ketones (excluding diaryl/α,β-unsaturated/α-hetero) is 1. The van der Waals surface area contributed by atoms with Crippen LogP contribution in [-0.4, -0.2) is 36.4 Å². The summed E-state index contributed by atoms with van der Waals surface area (Å²) in [5.41, 5.74) is 4.14. The van der Waals surface area contributed by atoms with Crippen LogP contribution in [0.5, 0.6) is 0 Å². The van der Waals surface area contributed by atoms with E-state index in [0.717, 1.165) is 28.2 Å². The summed E-state index contributed by atoms with van der Waals surface area (Å²) in [5, 5.41) is 19.5. The van der Waals surface area contributed by atoms with E-state index >= 15 is 0 Å². The Morgan fingerprint density at radius 3 is 2.67 bits per heavy atom. The zero-order valence-corrected chi connectivity index (χ0v) is 21.9. The molecule has 2 aliphatic carbocycles. The number of halogens is 1. The maximum Gasteiger partial charge on any atom is 0.335 e. The largest absolute Gasteiger partial charge is 0.478 e. The molecule has 3 atom stereocenters. The molecule has 0 bridgehead atoms. The number of ketones is 1. The van der Waals surface area contributed by atoms with Gasteiger partial charge in [-0.1, -0.05) is 19.1 Å². The quantitative estimate of drug-likeness (QED) is 0.514. The highest BCUT2D eigenvalue weighted by atomic mass is 79.9. The highest BCUT2D eigenvalue weighted by Gasteiger charge is 2.53. The molecular weight excluding hydrogens is 522 g/mol. The van der Waals surface area contributed by atoms with E-state index in [0.29, 0.717) is 28.8 Å². The van der Waals surface area contributed by atoms with Gasteiger partial charge in [-0.3, -0.25) is 4.79 Å². The molecule has 5 rings (SSSR count). The van der Waals surface area contributed by atoms with Crippen LogP contribution in [0, 0.1) is 37.0 Å². The highest BCUT2D eigenvalue weighted by Crippen LogP contribution is 2.54. The molecule has 0 saturated heterocycles. The number of nitriles is 1. The molecule has 2 aliphatic rings. The third kappa shape index (κ3) is 3.35. The molecular formula is C27H24BrN5O3. The number of hydrogen-bond donors (Lipinski definition) is 1. The molecule has 0 unspecified atom stereocenters. The molecule has 0 spiro atoms. The maximum absolute atomic E-state index is 13.1. The van der Waals surface area contributed by atoms with Gasteiger partial charge in [0.15, 0.2) is 5.78 Å². The van der Waals surface area contributed by atoms with Crippen LogP contribution in [-0.2, 0) is 23.7 Å². The van der Waals surface area contributed by atoms with Crippen molar-refractivity contribution in [3.8, 4) is 17.5 Å². The fraction of sp³-hybridized carbons (Fsp3) is 0.333. The molecule has 2 aromatic heterocycles. The van der Waals surface area contributed by atoms with Crippen molar-refractivity contribution in [3.63, 3.8) is 0 Å². The predicted octanol–water partition coefficient (Wildman–Crippen LogP) is 4.47. The molecule has 8 nitrogen and oxygen atoms in total. The van der Waals surface area contributed by atoms with Crippen molar-refractivity contribution < 1.29 is 14.7 Å². The summed E-state index contributed by atoms with van der Waals surface area (Å²) < 4.78 is 2.57. The van der Waals surface area contributed by atoms with Gasteiger partial charge in [-0.05, 0) is 71.8 Å². The number of carbonyl (C=O) groups is 2. The number of carbonyl (C=O) groups excluding carboxylic acids is 1. The van der Waals surface area contributed by atoms with E-state index < -0.39 is 17.3 Å². The minimum atomic E-state index is -1.00. The Hall–Kier alpha value is -3.64. The fourth-order valence-electron chi connectivity index (χ4n) is 5.97. The van der Waals surface area contributed by atoms with E-state index in [1.807, 2.05) is 31.5 Å². The Bertz CT molecular complexity index is 1510. The fourth-order valence-corrected chi connectivity index (χ4v) is 6.53. The molecule has 0 aliphatic heterocycles. The first kappa shape index (κ1) is 24.1. The Labute approximate surface area is 216 Å². The van der Waals surface area contributed by atoms with Crippen molar-refractivity contribution in [1.29, 1.82) is 5.26 Å². The maximum atomic E-state index is 13.1. The van der Waals surface area contributed by atoms with Gasteiger partial charge < -0.3 is 9.67 Å². The zero-order valence-electron chi connectivity index (χ0n) is 20.3. The number of hydrogen-bond acceptors (Lipinski definition) is 6. The lowest BCUT2D eigenvalue weighted by Crippen LogP contribution is -2.49. The van der Waals surface area contributed by atoms with E-state index in [1.54, 1.807) is 31.5 Å². The molecule has 36 heavy (non-hydrogen) atoms. The Morgan fingerprint density at radius 1 is 1.31 bits per heavy atom. The minimum Gasteiger partial charge on any atom is -0.478 e. The van der Waals surface area contributed by atoms with Crippen LogP contribution >= 0.6 is 15.9 Å². The van der Waals surface area contributed by atoms with E-state index in [2.05, 4.69) is 27.0 Å². The van der Waals surface area contributed by atoms with Crippen molar-refractivity contribution in [2.45, 2.75) is 39.0 Å². The summed E-state index contributed by atoms with van der Waals surface area (Å²) >= 11 is 3.56. The molecule has 0 radical (unpaired) electrons. The lowest BCUT2D eigenvalue weighted by atomic mass is 9.54. The lowest BCUT2D eigenvalue weighted by molar-refractivity contribution is -0.121. The van der Waals surface area contributed by atoms with E-state index in [1.165, 1.54) is 0 Å². The van der Waals surface area contributed by atoms with Gasteiger partial charge in [0, 0.05) is 18.5 Å². The Kier molecular flexibility index (Phi) is 5.67. The average Bonchev–Trinajstić information content (AvgIpc) is 3.17. The summed E-state index contributed by atoms with van der Waals surface area (Å²) in [7, 11) is 1.90. The minimum absolute atomic E-state index is 0.103. The Balaban J connectivity index is 1.90. The first-order chi connectivity index (χ1) is 17.1. The molecule has 0 amide bonds. The van der Waals surface area contributed by atoms with Crippen LogP contribution in [0.25, 0.3) is 11.4 Å². The standard InChI is InChI=1S/C27H24BrN5O3/c1-13-9-17(5-6-18(13)26(35)36)27-10-16(11-29)23(34)14(2)20(27)8-7-19-21(31-15(3)32-24(19)27)22-25(28)30-12-33(22)4/h5-6,9-10,12,14,20H,7-8H2,1-4H3,(H,35,36)/t14-,20-,27+/m0/s1. The number of carboxylic acids is 1. The van der Waals surface area contributed by atoms with Crippen molar-refractivity contribution in [1.82, 2.24) is 19.5 Å². The second-order valence-corrected chi connectivity index (χ2v) is 10.4. The molecule has 9 heteroatoms. The van der Waals surface area contributed by atoms with Crippen LogP contribution in [0.3, 0.4) is 0 Å². The van der Waals surface area contributed by atoms with Gasteiger partial charge >= 0.3 is 5.97 Å². The van der Waals surface area contributed by atoms with Crippen molar-refractivity contribution in [2.75, 3.05) is 0 Å².